The lowest BCUT2D eigenvalue weighted by atomic mass is 10.1. The molecule has 1 aromatic carbocycles. The van der Waals surface area contributed by atoms with Crippen LogP contribution in [0, 0.1) is 5.82 Å². The molecule has 0 bridgehead atoms. The van der Waals surface area contributed by atoms with Gasteiger partial charge in [-0.25, -0.2) is 22.1 Å². The van der Waals surface area contributed by atoms with Crippen LogP contribution >= 0.6 is 0 Å². The number of carbonyl (C=O) groups excluding carboxylic acids is 1. The van der Waals surface area contributed by atoms with Gasteiger partial charge in [0.1, 0.15) is 11.6 Å². The summed E-state index contributed by atoms with van der Waals surface area (Å²) in [6.07, 6.45) is 0.749. The molecule has 2 aromatic rings. The van der Waals surface area contributed by atoms with Crippen molar-refractivity contribution < 1.29 is 22.7 Å². The van der Waals surface area contributed by atoms with Crippen molar-refractivity contribution >= 4 is 15.9 Å². The van der Waals surface area contributed by atoms with Crippen LogP contribution in [0.25, 0.3) is 0 Å². The zero-order valence-corrected chi connectivity index (χ0v) is 18.9. The molecule has 32 heavy (non-hydrogen) atoms. The van der Waals surface area contributed by atoms with Crippen LogP contribution in [0.15, 0.2) is 29.1 Å². The number of nitrogens with zero attached hydrogens (tertiary/aromatic N) is 4. The molecule has 12 heteroatoms. The van der Waals surface area contributed by atoms with E-state index in [0.717, 1.165) is 10.6 Å². The normalized spacial score (nSPS) is 16.7. The summed E-state index contributed by atoms with van der Waals surface area (Å²) in [5.41, 5.74) is -0.0652. The number of amides is 1. The van der Waals surface area contributed by atoms with Crippen LogP contribution in [-0.2, 0) is 34.3 Å². The molecule has 2 N–H and O–H groups in total. The number of nitrogens with one attached hydrogen (secondary N) is 1. The van der Waals surface area contributed by atoms with Gasteiger partial charge < -0.3 is 10.4 Å². The fourth-order valence-electron chi connectivity index (χ4n) is 3.43. The summed E-state index contributed by atoms with van der Waals surface area (Å²) in [6, 6.07) is 5.11. The molecule has 0 radical (unpaired) electrons. The summed E-state index contributed by atoms with van der Waals surface area (Å²) in [5, 5.41) is 13.0. The quantitative estimate of drug-likeness (QED) is 0.579. The fraction of sp³-hybridized carbons (Fsp3) is 0.450. The van der Waals surface area contributed by atoms with Gasteiger partial charge in [0.15, 0.2) is 0 Å². The van der Waals surface area contributed by atoms with E-state index in [4.69, 9.17) is 0 Å². The lowest BCUT2D eigenvalue weighted by molar-refractivity contribution is -0.120. The molecular formula is C20H26FN5O5S. The van der Waals surface area contributed by atoms with Crippen LogP contribution in [-0.4, -0.2) is 71.6 Å². The molecule has 174 valence electrons. The first kappa shape index (κ1) is 23.8. The average molecular weight is 468 g/mol. The topological polar surface area (TPSA) is 125 Å². The summed E-state index contributed by atoms with van der Waals surface area (Å²) < 4.78 is 39.2. The van der Waals surface area contributed by atoms with E-state index in [1.54, 1.807) is 7.05 Å². The lowest BCUT2D eigenvalue weighted by Crippen LogP contribution is -2.46. The molecular weight excluding hydrogens is 441 g/mol. The van der Waals surface area contributed by atoms with Crippen LogP contribution in [0.3, 0.4) is 0 Å². The van der Waals surface area contributed by atoms with Crippen LogP contribution in [0.5, 0.6) is 5.75 Å². The highest BCUT2D eigenvalue weighted by molar-refractivity contribution is 7.88. The van der Waals surface area contributed by atoms with Crippen molar-refractivity contribution in [3.8, 4) is 5.75 Å². The highest BCUT2D eigenvalue weighted by Gasteiger charge is 2.32. The number of hydrogen-bond donors (Lipinski definition) is 2. The molecule has 1 unspecified atom stereocenters. The number of sulfonamides is 1. The molecule has 1 aliphatic heterocycles. The summed E-state index contributed by atoms with van der Waals surface area (Å²) >= 11 is 0. The molecule has 0 fully saturated rings. The summed E-state index contributed by atoms with van der Waals surface area (Å²) in [4.78, 5) is 31.4. The third-order valence-electron chi connectivity index (χ3n) is 5.48. The van der Waals surface area contributed by atoms with Crippen molar-refractivity contribution in [2.45, 2.75) is 25.6 Å². The van der Waals surface area contributed by atoms with Gasteiger partial charge in [0, 0.05) is 33.2 Å². The highest BCUT2D eigenvalue weighted by Crippen LogP contribution is 2.25. The molecule has 3 rings (SSSR count). The molecule has 1 aliphatic rings. The maximum Gasteiger partial charge on any atom is 0.296 e. The van der Waals surface area contributed by atoms with Gasteiger partial charge in [-0.2, -0.15) is 0 Å². The molecule has 1 atom stereocenters. The van der Waals surface area contributed by atoms with E-state index >= 15 is 0 Å². The van der Waals surface area contributed by atoms with Crippen molar-refractivity contribution in [3.63, 3.8) is 0 Å². The molecule has 0 saturated heterocycles. The van der Waals surface area contributed by atoms with Crippen molar-refractivity contribution in [1.29, 1.82) is 0 Å². The number of aromatic nitrogens is 2. The van der Waals surface area contributed by atoms with E-state index in [0.29, 0.717) is 17.9 Å². The fourth-order valence-corrected chi connectivity index (χ4v) is 3.84. The van der Waals surface area contributed by atoms with Crippen molar-refractivity contribution in [2.24, 2.45) is 0 Å². The minimum atomic E-state index is -3.46. The summed E-state index contributed by atoms with van der Waals surface area (Å²) in [7, 11) is -0.232. The SMILES string of the molecule is CN1CCn2c(nc(CC(=O)NCc3ccc(F)cc3)c(O)c2=O)C1CN(C)S(C)(=O)=O. The van der Waals surface area contributed by atoms with Crippen LogP contribution < -0.4 is 10.9 Å². The molecule has 0 saturated carbocycles. The second-order valence-corrected chi connectivity index (χ2v) is 9.93. The van der Waals surface area contributed by atoms with E-state index in [-0.39, 0.29) is 37.6 Å². The maximum absolute atomic E-state index is 13.0. The maximum atomic E-state index is 13.0. The van der Waals surface area contributed by atoms with E-state index in [1.807, 2.05) is 4.90 Å². The number of halogens is 1. The Bertz CT molecular complexity index is 1170. The van der Waals surface area contributed by atoms with Crippen LogP contribution in [0.2, 0.25) is 0 Å². The Labute approximate surface area is 185 Å². The van der Waals surface area contributed by atoms with Gasteiger partial charge >= 0.3 is 0 Å². The van der Waals surface area contributed by atoms with Gasteiger partial charge in [-0.3, -0.25) is 19.1 Å². The van der Waals surface area contributed by atoms with Gasteiger partial charge in [0.25, 0.3) is 5.56 Å². The van der Waals surface area contributed by atoms with Gasteiger partial charge in [-0.15, -0.1) is 0 Å². The molecule has 1 amide bonds. The minimum Gasteiger partial charge on any atom is -0.502 e. The number of carbonyl (C=O) groups is 1. The third kappa shape index (κ3) is 5.31. The largest absolute Gasteiger partial charge is 0.502 e. The van der Waals surface area contributed by atoms with Crippen molar-refractivity contribution in [2.75, 3.05) is 33.4 Å². The number of likely N-dealkylation sites (N-methyl/N-ethyl adjacent to an activating group) is 2. The van der Waals surface area contributed by atoms with Gasteiger partial charge in [0.05, 0.1) is 24.4 Å². The Morgan fingerprint density at radius 1 is 1.31 bits per heavy atom. The number of benzene rings is 1. The molecule has 1 aromatic heterocycles. The van der Waals surface area contributed by atoms with E-state index in [2.05, 4.69) is 10.3 Å². The molecule has 2 heterocycles. The Kier molecular flexibility index (Phi) is 6.96. The average Bonchev–Trinajstić information content (AvgIpc) is 2.72. The highest BCUT2D eigenvalue weighted by atomic mass is 32.2. The minimum absolute atomic E-state index is 0.0583. The smallest absolute Gasteiger partial charge is 0.296 e. The molecule has 0 aliphatic carbocycles. The van der Waals surface area contributed by atoms with E-state index in [9.17, 15) is 27.5 Å². The summed E-state index contributed by atoms with van der Waals surface area (Å²) in [6.45, 7) is 0.951. The molecule has 10 nitrogen and oxygen atoms in total. The second kappa shape index (κ2) is 9.35. The lowest BCUT2D eigenvalue weighted by Gasteiger charge is -2.36. The monoisotopic (exact) mass is 467 g/mol. The van der Waals surface area contributed by atoms with E-state index in [1.165, 1.54) is 35.9 Å². The second-order valence-electron chi connectivity index (χ2n) is 7.84. The predicted molar refractivity (Wildman–Crippen MR) is 115 cm³/mol. The Morgan fingerprint density at radius 2 is 1.97 bits per heavy atom. The number of rotatable bonds is 7. The first-order valence-corrected chi connectivity index (χ1v) is 11.8. The van der Waals surface area contributed by atoms with Crippen molar-refractivity contribution in [3.05, 3.63) is 57.5 Å². The standard InChI is InChI=1S/C20H26FN5O5S/c1-24-8-9-26-19(16(24)12-25(2)32(3,30)31)23-15(18(28)20(26)29)10-17(27)22-11-13-4-6-14(21)7-5-13/h4-7,16,28H,8-12H2,1-3H3,(H,22,27). The van der Waals surface area contributed by atoms with Crippen LogP contribution in [0.4, 0.5) is 4.39 Å². The Balaban J connectivity index is 1.83. The van der Waals surface area contributed by atoms with E-state index < -0.39 is 33.3 Å². The van der Waals surface area contributed by atoms with Gasteiger partial charge in [0.2, 0.25) is 21.7 Å². The number of fused-ring (bicyclic) bond motifs is 1. The van der Waals surface area contributed by atoms with Crippen molar-refractivity contribution in [1.82, 2.24) is 24.1 Å². The number of aromatic hydroxyl groups is 1. The van der Waals surface area contributed by atoms with Crippen LogP contribution in [0.1, 0.15) is 23.1 Å². The summed E-state index contributed by atoms with van der Waals surface area (Å²) in [5.74, 6) is -1.18. The Hall–Kier alpha value is -2.83. The predicted octanol–water partition coefficient (Wildman–Crippen LogP) is -0.175. The zero-order valence-electron chi connectivity index (χ0n) is 18.1. The number of hydrogen-bond acceptors (Lipinski definition) is 7. The Morgan fingerprint density at radius 3 is 2.59 bits per heavy atom. The first-order valence-electron chi connectivity index (χ1n) is 9.92. The first-order chi connectivity index (χ1) is 15.0. The van der Waals surface area contributed by atoms with Gasteiger partial charge in [-0.1, -0.05) is 12.1 Å². The zero-order chi connectivity index (χ0) is 23.6. The molecule has 0 spiro atoms. The van der Waals surface area contributed by atoms with Gasteiger partial charge in [-0.05, 0) is 24.7 Å². The third-order valence-corrected chi connectivity index (χ3v) is 6.76.